The van der Waals surface area contributed by atoms with Crippen LogP contribution in [0.15, 0.2) is 41.4 Å². The van der Waals surface area contributed by atoms with Crippen molar-refractivity contribution in [3.63, 3.8) is 0 Å². The summed E-state index contributed by atoms with van der Waals surface area (Å²) in [6.07, 6.45) is 1.78. The van der Waals surface area contributed by atoms with Crippen molar-refractivity contribution in [1.29, 1.82) is 0 Å². The van der Waals surface area contributed by atoms with Crippen LogP contribution in [0.5, 0.6) is 0 Å². The second-order valence-electron chi connectivity index (χ2n) is 2.35. The first-order valence-electron chi connectivity index (χ1n) is 3.40. The van der Waals surface area contributed by atoms with E-state index in [-0.39, 0.29) is 11.0 Å². The summed E-state index contributed by atoms with van der Waals surface area (Å²) in [6.45, 7) is 0. The van der Waals surface area contributed by atoms with Crippen molar-refractivity contribution in [2.24, 2.45) is 0 Å². The van der Waals surface area contributed by atoms with E-state index in [9.17, 15) is 0 Å². The molecule has 0 amide bonds. The van der Waals surface area contributed by atoms with E-state index in [4.69, 9.17) is 0 Å². The van der Waals surface area contributed by atoms with Gasteiger partial charge in [0.15, 0.2) is 0 Å². The van der Waals surface area contributed by atoms with Gasteiger partial charge in [-0.2, -0.15) is 0 Å². The van der Waals surface area contributed by atoms with Crippen molar-refractivity contribution in [2.75, 3.05) is 0 Å². The van der Waals surface area contributed by atoms with Gasteiger partial charge >= 0.3 is 0 Å². The van der Waals surface area contributed by atoms with Gasteiger partial charge < -0.3 is 11.0 Å². The third kappa shape index (κ3) is 2.18. The molecular weight excluding hydrogens is 186 g/mol. The molecule has 2 aromatic rings. The van der Waals surface area contributed by atoms with Gasteiger partial charge in [-0.1, -0.05) is 18.2 Å². The van der Waals surface area contributed by atoms with Crippen LogP contribution in [-0.2, 0) is 0 Å². The zero-order valence-electron chi connectivity index (χ0n) is 6.86. The average Bonchev–Trinajstić information content (AvgIpc) is 2.06. The summed E-state index contributed by atoms with van der Waals surface area (Å²) in [5.41, 5.74) is 0.971. The highest BCUT2D eigenvalue weighted by atomic mass is 32.1. The number of pyridine rings is 1. The van der Waals surface area contributed by atoms with Crippen molar-refractivity contribution < 1.29 is 11.0 Å². The Morgan fingerprint density at radius 1 is 1.00 bits per heavy atom. The highest BCUT2D eigenvalue weighted by Gasteiger charge is 1.94. The Kier molecular flexibility index (Phi) is 4.40. The fraction of sp³-hybridized carbons (Fsp3) is 0. The minimum absolute atomic E-state index is 0. The van der Waals surface area contributed by atoms with Crippen LogP contribution in [0.25, 0.3) is 10.9 Å². The predicted molar refractivity (Wildman–Crippen MR) is 56.2 cm³/mol. The molecule has 1 aromatic carbocycles. The summed E-state index contributed by atoms with van der Waals surface area (Å²) >= 11 is 4.29. The number of rotatable bonds is 0. The smallest absolute Gasteiger partial charge is 0.0835 e. The molecule has 70 valence electrons. The Hall–Kier alpha value is -1.10. The van der Waals surface area contributed by atoms with E-state index in [1.54, 1.807) is 6.20 Å². The number of aromatic nitrogens is 1. The largest absolute Gasteiger partial charge is 0.412 e. The fourth-order valence-corrected chi connectivity index (χ4v) is 1.36. The molecule has 4 heteroatoms. The summed E-state index contributed by atoms with van der Waals surface area (Å²) in [5, 5.41) is 1.14. The van der Waals surface area contributed by atoms with Crippen LogP contribution in [0.1, 0.15) is 0 Å². The highest BCUT2D eigenvalue weighted by molar-refractivity contribution is 7.80. The van der Waals surface area contributed by atoms with Gasteiger partial charge in [0, 0.05) is 16.5 Å². The Bertz CT molecular complexity index is 387. The molecule has 1 heterocycles. The van der Waals surface area contributed by atoms with Crippen LogP contribution in [-0.4, -0.2) is 15.9 Å². The fourth-order valence-electron chi connectivity index (χ4n) is 1.09. The van der Waals surface area contributed by atoms with Crippen LogP contribution in [0, 0.1) is 0 Å². The molecule has 0 saturated heterocycles. The van der Waals surface area contributed by atoms with Crippen molar-refractivity contribution in [3.8, 4) is 0 Å². The molecule has 4 N–H and O–H groups in total. The van der Waals surface area contributed by atoms with Crippen LogP contribution in [0.2, 0.25) is 0 Å². The quantitative estimate of drug-likeness (QED) is 0.625. The first kappa shape index (κ1) is 11.9. The molecule has 0 spiro atoms. The molecule has 1 aromatic heterocycles. The normalized spacial score (nSPS) is 8.69. The van der Waals surface area contributed by atoms with E-state index >= 15 is 0 Å². The molecule has 0 aliphatic rings. The van der Waals surface area contributed by atoms with E-state index in [2.05, 4.69) is 17.6 Å². The van der Waals surface area contributed by atoms with Crippen LogP contribution in [0.4, 0.5) is 0 Å². The molecule has 0 atom stereocenters. The van der Waals surface area contributed by atoms with E-state index < -0.39 is 0 Å². The van der Waals surface area contributed by atoms with E-state index in [0.717, 1.165) is 15.8 Å². The number of nitrogens with zero attached hydrogens (tertiary/aromatic N) is 1. The Morgan fingerprint density at radius 2 is 1.69 bits per heavy atom. The summed E-state index contributed by atoms with van der Waals surface area (Å²) in [7, 11) is 0. The molecule has 0 aliphatic carbocycles. The average molecular weight is 197 g/mol. The molecule has 2 rings (SSSR count). The molecular formula is C9H11NO2S. The third-order valence-corrected chi connectivity index (χ3v) is 1.97. The second-order valence-corrected chi connectivity index (χ2v) is 2.83. The van der Waals surface area contributed by atoms with Gasteiger partial charge in [-0.3, -0.25) is 4.98 Å². The number of hydrogen-bond acceptors (Lipinski definition) is 2. The Morgan fingerprint density at radius 3 is 2.38 bits per heavy atom. The maximum absolute atomic E-state index is 4.29. The summed E-state index contributed by atoms with van der Waals surface area (Å²) in [5.74, 6) is 0. The van der Waals surface area contributed by atoms with E-state index in [1.165, 1.54) is 0 Å². The number of thiol groups is 1. The van der Waals surface area contributed by atoms with Gasteiger partial charge in [0.05, 0.1) is 5.52 Å². The topological polar surface area (TPSA) is 75.9 Å². The monoisotopic (exact) mass is 197 g/mol. The van der Waals surface area contributed by atoms with E-state index in [0.29, 0.717) is 0 Å². The van der Waals surface area contributed by atoms with Gasteiger partial charge in [0.25, 0.3) is 0 Å². The maximum atomic E-state index is 4.29. The SMILES string of the molecule is O.O.Sc1cccc2cccnc12. The Labute approximate surface area is 81.4 Å². The van der Waals surface area contributed by atoms with Gasteiger partial charge in [0.1, 0.15) is 0 Å². The van der Waals surface area contributed by atoms with E-state index in [1.807, 2.05) is 30.3 Å². The van der Waals surface area contributed by atoms with Crippen molar-refractivity contribution >= 4 is 23.5 Å². The van der Waals surface area contributed by atoms with Crippen LogP contribution < -0.4 is 0 Å². The molecule has 0 fully saturated rings. The minimum atomic E-state index is 0. The third-order valence-electron chi connectivity index (χ3n) is 1.61. The predicted octanol–water partition coefficient (Wildman–Crippen LogP) is 0.874. The Balaban J connectivity index is 0.000000720. The lowest BCUT2D eigenvalue weighted by Gasteiger charge is -1.97. The number of fused-ring (bicyclic) bond motifs is 1. The number of hydrogen-bond donors (Lipinski definition) is 1. The van der Waals surface area contributed by atoms with Gasteiger partial charge in [-0.15, -0.1) is 12.6 Å². The minimum Gasteiger partial charge on any atom is -0.412 e. The van der Waals surface area contributed by atoms with Crippen molar-refractivity contribution in [1.82, 2.24) is 4.98 Å². The molecule has 13 heavy (non-hydrogen) atoms. The lowest BCUT2D eigenvalue weighted by atomic mass is 10.2. The highest BCUT2D eigenvalue weighted by Crippen LogP contribution is 2.18. The summed E-state index contributed by atoms with van der Waals surface area (Å²) < 4.78 is 0. The van der Waals surface area contributed by atoms with Gasteiger partial charge in [-0.05, 0) is 12.1 Å². The molecule has 0 aliphatic heterocycles. The van der Waals surface area contributed by atoms with Gasteiger partial charge in [-0.25, -0.2) is 0 Å². The summed E-state index contributed by atoms with van der Waals surface area (Å²) in [6, 6.07) is 9.91. The number of para-hydroxylation sites is 1. The first-order valence-corrected chi connectivity index (χ1v) is 3.85. The first-order chi connectivity index (χ1) is 5.38. The standard InChI is InChI=1S/C9H7NS.2H2O/c11-8-5-1-3-7-4-2-6-10-9(7)8;;/h1-6,11H;2*1H2. The second kappa shape index (κ2) is 4.81. The van der Waals surface area contributed by atoms with Gasteiger partial charge in [0.2, 0.25) is 0 Å². The number of benzene rings is 1. The molecule has 0 unspecified atom stereocenters. The summed E-state index contributed by atoms with van der Waals surface area (Å²) in [4.78, 5) is 5.14. The molecule has 0 saturated carbocycles. The zero-order valence-corrected chi connectivity index (χ0v) is 7.75. The van der Waals surface area contributed by atoms with Crippen molar-refractivity contribution in [3.05, 3.63) is 36.5 Å². The van der Waals surface area contributed by atoms with Crippen LogP contribution >= 0.6 is 12.6 Å². The lowest BCUT2D eigenvalue weighted by Crippen LogP contribution is -1.77. The molecule has 3 nitrogen and oxygen atoms in total. The molecule has 0 radical (unpaired) electrons. The van der Waals surface area contributed by atoms with Crippen molar-refractivity contribution in [2.45, 2.75) is 4.90 Å². The maximum Gasteiger partial charge on any atom is 0.0835 e. The zero-order chi connectivity index (χ0) is 7.68. The lowest BCUT2D eigenvalue weighted by molar-refractivity contribution is 0.823. The van der Waals surface area contributed by atoms with Crippen LogP contribution in [0.3, 0.4) is 0 Å². The molecule has 0 bridgehead atoms.